The van der Waals surface area contributed by atoms with Crippen LogP contribution < -0.4 is 0 Å². The van der Waals surface area contributed by atoms with E-state index in [2.05, 4.69) is 20.8 Å². The number of aliphatic hydroxyl groups is 10. The number of phosphoric ester groups is 1. The highest BCUT2D eigenvalue weighted by atomic mass is 31.2. The quantitative estimate of drug-likeness (QED) is 0.0117. The molecule has 0 aromatic heterocycles. The number of phosphoric acid groups is 1. The van der Waals surface area contributed by atoms with E-state index in [1.165, 1.54) is 154 Å². The SMILES string of the molecule is CCCCCCCCCCCCCCCCCC(=O)OC(COC(=O)CCCCCCCCCCCCCCC)COP(=O)(O)OC1C(OC2OC(CO)C(O)C(O)C2O)C(O)C(O)C(O)C1OC1OC(COC(=O)CCCCCCCCCCCCCCC)C(O)C(O)C1O. The van der Waals surface area contributed by atoms with Crippen LogP contribution in [0.25, 0.3) is 0 Å². The number of ether oxygens (including phenoxy) is 7. The van der Waals surface area contributed by atoms with Gasteiger partial charge in [-0.05, 0) is 19.3 Å². The molecule has 18 atom stereocenters. The largest absolute Gasteiger partial charge is 0.472 e. The van der Waals surface area contributed by atoms with Crippen LogP contribution in [0.3, 0.4) is 0 Å². The Bertz CT molecular complexity index is 1990. The van der Waals surface area contributed by atoms with Crippen LogP contribution >= 0.6 is 7.82 Å². The average Bonchev–Trinajstić information content (AvgIpc) is 0.769. The van der Waals surface area contributed by atoms with Crippen molar-refractivity contribution in [3.8, 4) is 0 Å². The second-order valence-corrected chi connectivity index (χ2v) is 28.8. The van der Waals surface area contributed by atoms with Gasteiger partial charge in [-0.15, -0.1) is 0 Å². The standard InChI is InChI=1S/C71H133O24P/c1-4-7-10-13-16-19-22-25-26-29-32-35-38-41-44-47-57(75)90-52(49-87-55(73)45-42-39-36-33-30-27-23-20-17-14-11-8-5-2)50-89-96(85,86)95-69-67(93-70-65(83)60(78)58(76)53(48-72)91-70)63(81)62(80)64(82)68(69)94-71-66(84)61(79)59(77)54(92-71)51-88-56(74)46-43-40-37-34-31-28-24-21-18-15-12-9-6-3/h52-54,58-72,76-84H,4-51H2,1-3H3,(H,85,86). The number of carbonyl (C=O) groups excluding carboxylic acids is 3. The fourth-order valence-electron chi connectivity index (χ4n) is 12.7. The van der Waals surface area contributed by atoms with Gasteiger partial charge in [0.1, 0.15) is 98.7 Å². The summed E-state index contributed by atoms with van der Waals surface area (Å²) < 4.78 is 65.0. The summed E-state index contributed by atoms with van der Waals surface area (Å²) in [6.45, 7) is 3.46. The Hall–Kier alpha value is -2.04. The summed E-state index contributed by atoms with van der Waals surface area (Å²) in [4.78, 5) is 51.0. The van der Waals surface area contributed by atoms with Crippen LogP contribution in [-0.4, -0.2) is 204 Å². The number of esters is 3. The van der Waals surface area contributed by atoms with Crippen LogP contribution in [0, 0.1) is 0 Å². The second-order valence-electron chi connectivity index (χ2n) is 27.4. The van der Waals surface area contributed by atoms with Crippen molar-refractivity contribution in [3.63, 3.8) is 0 Å². The molecule has 25 heteroatoms. The molecule has 11 N–H and O–H groups in total. The van der Waals surface area contributed by atoms with Gasteiger partial charge in [-0.1, -0.05) is 265 Å². The van der Waals surface area contributed by atoms with E-state index in [4.69, 9.17) is 42.2 Å². The molecule has 3 rings (SSSR count). The van der Waals surface area contributed by atoms with E-state index in [9.17, 15) is 74.9 Å². The Morgan fingerprint density at radius 2 is 0.667 bits per heavy atom. The third kappa shape index (κ3) is 36.7. The van der Waals surface area contributed by atoms with Gasteiger partial charge in [-0.3, -0.25) is 23.4 Å². The fraction of sp³-hybridized carbons (Fsp3) is 0.958. The molecule has 0 radical (unpaired) electrons. The molecule has 18 unspecified atom stereocenters. The second kappa shape index (κ2) is 53.7. The Morgan fingerprint density at radius 3 is 1.02 bits per heavy atom. The summed E-state index contributed by atoms with van der Waals surface area (Å²) >= 11 is 0. The van der Waals surface area contributed by atoms with E-state index in [1.807, 2.05) is 0 Å². The molecule has 0 amide bonds. The zero-order valence-corrected chi connectivity index (χ0v) is 59.8. The number of aliphatic hydroxyl groups excluding tert-OH is 10. The normalized spacial score (nSPS) is 27.9. The van der Waals surface area contributed by atoms with E-state index >= 15 is 0 Å². The molecule has 2 heterocycles. The molecule has 2 aliphatic heterocycles. The molecule has 1 saturated carbocycles. The van der Waals surface area contributed by atoms with Gasteiger partial charge in [0.05, 0.1) is 13.2 Å². The van der Waals surface area contributed by atoms with Crippen LogP contribution in [0.1, 0.15) is 303 Å². The highest BCUT2D eigenvalue weighted by Crippen LogP contribution is 2.49. The highest BCUT2D eigenvalue weighted by Gasteiger charge is 2.58. The minimum atomic E-state index is -5.69. The molecule has 24 nitrogen and oxygen atoms in total. The van der Waals surface area contributed by atoms with Gasteiger partial charge in [-0.25, -0.2) is 4.57 Å². The number of hydrogen-bond acceptors (Lipinski definition) is 23. The van der Waals surface area contributed by atoms with Crippen molar-refractivity contribution in [2.24, 2.45) is 0 Å². The lowest BCUT2D eigenvalue weighted by Crippen LogP contribution is -2.69. The molecule has 566 valence electrons. The lowest BCUT2D eigenvalue weighted by atomic mass is 9.84. The van der Waals surface area contributed by atoms with Crippen molar-refractivity contribution in [3.05, 3.63) is 0 Å². The van der Waals surface area contributed by atoms with Crippen molar-refractivity contribution >= 4 is 25.7 Å². The zero-order valence-electron chi connectivity index (χ0n) is 58.9. The first-order valence-electron chi connectivity index (χ1n) is 37.8. The molecule has 1 aliphatic carbocycles. The van der Waals surface area contributed by atoms with Crippen molar-refractivity contribution in [1.29, 1.82) is 0 Å². The molecule has 0 aromatic carbocycles. The van der Waals surface area contributed by atoms with E-state index in [0.717, 1.165) is 89.9 Å². The van der Waals surface area contributed by atoms with Gasteiger partial charge in [0.25, 0.3) is 0 Å². The Morgan fingerprint density at radius 1 is 0.365 bits per heavy atom. The first kappa shape index (κ1) is 88.2. The van der Waals surface area contributed by atoms with Gasteiger partial charge in [0, 0.05) is 19.3 Å². The Kier molecular flexibility index (Phi) is 49.4. The molecule has 2 saturated heterocycles. The number of carbonyl (C=O) groups is 3. The van der Waals surface area contributed by atoms with Crippen molar-refractivity contribution < 1.29 is 117 Å². The summed E-state index contributed by atoms with van der Waals surface area (Å²) in [6, 6.07) is 0. The van der Waals surface area contributed by atoms with Gasteiger partial charge in [-0.2, -0.15) is 0 Å². The van der Waals surface area contributed by atoms with E-state index in [1.54, 1.807) is 0 Å². The molecule has 3 aliphatic rings. The number of hydrogen-bond donors (Lipinski definition) is 11. The summed E-state index contributed by atoms with van der Waals surface area (Å²) in [5.41, 5.74) is 0. The zero-order chi connectivity index (χ0) is 70.4. The van der Waals surface area contributed by atoms with Crippen LogP contribution in [0.4, 0.5) is 0 Å². The summed E-state index contributed by atoms with van der Waals surface area (Å²) in [5.74, 6) is -1.97. The maximum absolute atomic E-state index is 14.3. The van der Waals surface area contributed by atoms with Gasteiger partial charge >= 0.3 is 25.7 Å². The molecular weight excluding hydrogens is 1270 g/mol. The lowest BCUT2D eigenvalue weighted by molar-refractivity contribution is -0.360. The third-order valence-electron chi connectivity index (χ3n) is 18.9. The average molecular weight is 1400 g/mol. The van der Waals surface area contributed by atoms with Crippen LogP contribution in [0.2, 0.25) is 0 Å². The lowest BCUT2D eigenvalue weighted by Gasteiger charge is -2.49. The van der Waals surface area contributed by atoms with Crippen LogP contribution in [-0.2, 0) is 61.2 Å². The highest BCUT2D eigenvalue weighted by molar-refractivity contribution is 7.47. The third-order valence-corrected chi connectivity index (χ3v) is 19.9. The van der Waals surface area contributed by atoms with Crippen LogP contribution in [0.15, 0.2) is 0 Å². The Labute approximate surface area is 574 Å². The first-order chi connectivity index (χ1) is 46.3. The van der Waals surface area contributed by atoms with E-state index in [-0.39, 0.29) is 19.3 Å². The predicted molar refractivity (Wildman–Crippen MR) is 361 cm³/mol. The maximum atomic E-state index is 14.3. The van der Waals surface area contributed by atoms with E-state index < -0.39 is 156 Å². The maximum Gasteiger partial charge on any atom is 0.472 e. The first-order valence-corrected chi connectivity index (χ1v) is 39.3. The molecular formula is C71H133O24P. The number of rotatable bonds is 59. The molecule has 0 bridgehead atoms. The number of unbranched alkanes of at least 4 members (excludes halogenated alkanes) is 38. The van der Waals surface area contributed by atoms with Gasteiger partial charge in [0.2, 0.25) is 0 Å². The molecule has 96 heavy (non-hydrogen) atoms. The summed E-state index contributed by atoms with van der Waals surface area (Å²) in [7, 11) is -5.69. The predicted octanol–water partition coefficient (Wildman–Crippen LogP) is 10.2. The monoisotopic (exact) mass is 1400 g/mol. The Balaban J connectivity index is 1.74. The van der Waals surface area contributed by atoms with E-state index in [0.29, 0.717) is 19.3 Å². The van der Waals surface area contributed by atoms with Gasteiger partial charge in [0.15, 0.2) is 18.7 Å². The molecule has 3 fully saturated rings. The van der Waals surface area contributed by atoms with Crippen LogP contribution in [0.5, 0.6) is 0 Å². The van der Waals surface area contributed by atoms with Crippen molar-refractivity contribution in [2.75, 3.05) is 26.4 Å². The van der Waals surface area contributed by atoms with Crippen molar-refractivity contribution in [2.45, 2.75) is 407 Å². The fourth-order valence-corrected chi connectivity index (χ4v) is 13.7. The van der Waals surface area contributed by atoms with Crippen molar-refractivity contribution in [1.82, 2.24) is 0 Å². The minimum Gasteiger partial charge on any atom is -0.463 e. The topological polar surface area (TPSA) is 374 Å². The molecule has 0 aromatic rings. The summed E-state index contributed by atoms with van der Waals surface area (Å²) in [6.07, 6.45) is 10.3. The smallest absolute Gasteiger partial charge is 0.463 e. The van der Waals surface area contributed by atoms with Gasteiger partial charge < -0.3 is 89.1 Å². The summed E-state index contributed by atoms with van der Waals surface area (Å²) in [5, 5.41) is 110. The minimum absolute atomic E-state index is 0.0330. The molecule has 0 spiro atoms.